The van der Waals surface area contributed by atoms with Crippen LogP contribution in [-0.2, 0) is 10.0 Å². The first-order valence-corrected chi connectivity index (χ1v) is 11.0. The molecule has 1 saturated heterocycles. The largest absolute Gasteiger partial charge is 0.497 e. The average molecular weight is 396 g/mol. The van der Waals surface area contributed by atoms with Gasteiger partial charge in [0.05, 0.1) is 7.11 Å². The van der Waals surface area contributed by atoms with Gasteiger partial charge >= 0.3 is 0 Å². The number of likely N-dealkylation sites (N-methyl/N-ethyl adjacent to an activating group) is 1. The van der Waals surface area contributed by atoms with Crippen LogP contribution in [0.5, 0.6) is 5.75 Å². The zero-order valence-corrected chi connectivity index (χ0v) is 16.7. The third-order valence-corrected chi connectivity index (χ3v) is 7.53. The van der Waals surface area contributed by atoms with E-state index in [1.54, 1.807) is 24.6 Å². The van der Waals surface area contributed by atoms with Crippen molar-refractivity contribution in [2.75, 3.05) is 46.9 Å². The normalized spacial score (nSPS) is 17.9. The molecule has 1 aliphatic heterocycles. The Morgan fingerprint density at radius 2 is 1.85 bits per heavy atom. The number of ether oxygens (including phenoxy) is 1. The van der Waals surface area contributed by atoms with Crippen LogP contribution in [0.2, 0.25) is 0 Å². The SMILES string of the molecule is COc1ccc(C(CNS(=O)(=O)c2cccs2)N2CCN(C)CC2)cc1. The Morgan fingerprint density at radius 3 is 2.42 bits per heavy atom. The molecule has 1 N–H and O–H groups in total. The van der Waals surface area contributed by atoms with Crippen molar-refractivity contribution in [3.63, 3.8) is 0 Å². The fourth-order valence-corrected chi connectivity index (χ4v) is 5.17. The second-order valence-corrected chi connectivity index (χ2v) is 9.35. The van der Waals surface area contributed by atoms with Gasteiger partial charge in [-0.2, -0.15) is 0 Å². The Labute approximate surface area is 159 Å². The topological polar surface area (TPSA) is 61.9 Å². The predicted octanol–water partition coefficient (Wildman–Crippen LogP) is 2.02. The lowest BCUT2D eigenvalue weighted by atomic mass is 10.0. The molecule has 0 bridgehead atoms. The number of nitrogens with one attached hydrogen (secondary N) is 1. The standard InChI is InChI=1S/C18H25N3O3S2/c1-20-9-11-21(12-10-20)17(15-5-7-16(24-2)8-6-15)14-19-26(22,23)18-4-3-13-25-18/h3-8,13,17,19H,9-12,14H2,1-2H3. The minimum atomic E-state index is -3.48. The van der Waals surface area contributed by atoms with Gasteiger partial charge in [-0.05, 0) is 36.2 Å². The van der Waals surface area contributed by atoms with E-state index in [1.165, 1.54) is 11.3 Å². The lowest BCUT2D eigenvalue weighted by Gasteiger charge is -2.38. The molecule has 8 heteroatoms. The molecule has 0 saturated carbocycles. The molecule has 1 aromatic heterocycles. The number of hydrogen-bond acceptors (Lipinski definition) is 6. The Kier molecular flexibility index (Phi) is 6.31. The molecule has 1 atom stereocenters. The molecule has 3 rings (SSSR count). The van der Waals surface area contributed by atoms with E-state index < -0.39 is 10.0 Å². The van der Waals surface area contributed by atoms with Crippen LogP contribution in [0.25, 0.3) is 0 Å². The van der Waals surface area contributed by atoms with Crippen LogP contribution in [0.4, 0.5) is 0 Å². The maximum absolute atomic E-state index is 12.5. The number of methoxy groups -OCH3 is 1. The highest BCUT2D eigenvalue weighted by Crippen LogP contribution is 2.25. The molecule has 0 aliphatic carbocycles. The molecule has 142 valence electrons. The van der Waals surface area contributed by atoms with Crippen molar-refractivity contribution in [3.8, 4) is 5.75 Å². The first-order chi connectivity index (χ1) is 12.5. The molecule has 6 nitrogen and oxygen atoms in total. The van der Waals surface area contributed by atoms with E-state index in [0.29, 0.717) is 10.8 Å². The molecule has 1 aliphatic rings. The van der Waals surface area contributed by atoms with Crippen LogP contribution in [0.15, 0.2) is 46.0 Å². The molecule has 2 heterocycles. The molecule has 0 spiro atoms. The van der Waals surface area contributed by atoms with Crippen LogP contribution in [0.1, 0.15) is 11.6 Å². The number of benzene rings is 1. The number of thiophene rings is 1. The van der Waals surface area contributed by atoms with Gasteiger partial charge in [0.1, 0.15) is 9.96 Å². The molecule has 2 aromatic rings. The summed E-state index contributed by atoms with van der Waals surface area (Å²) >= 11 is 1.23. The van der Waals surface area contributed by atoms with Gasteiger partial charge in [0.15, 0.2) is 0 Å². The Morgan fingerprint density at radius 1 is 1.15 bits per heavy atom. The quantitative estimate of drug-likeness (QED) is 0.777. The summed E-state index contributed by atoms with van der Waals surface area (Å²) in [4.78, 5) is 4.64. The number of hydrogen-bond donors (Lipinski definition) is 1. The van der Waals surface area contributed by atoms with Crippen LogP contribution in [-0.4, -0.2) is 65.1 Å². The number of rotatable bonds is 7. The maximum atomic E-state index is 12.5. The molecular formula is C18H25N3O3S2. The minimum absolute atomic E-state index is 0.00987. The molecule has 1 aromatic carbocycles. The summed E-state index contributed by atoms with van der Waals surface area (Å²) in [6, 6.07) is 11.2. The van der Waals surface area contributed by atoms with E-state index in [4.69, 9.17) is 4.74 Å². The summed E-state index contributed by atoms with van der Waals surface area (Å²) in [7, 11) is 0.276. The van der Waals surface area contributed by atoms with Crippen LogP contribution >= 0.6 is 11.3 Å². The van der Waals surface area contributed by atoms with Crippen molar-refractivity contribution < 1.29 is 13.2 Å². The zero-order valence-electron chi connectivity index (χ0n) is 15.1. The fourth-order valence-electron chi connectivity index (χ4n) is 3.09. The van der Waals surface area contributed by atoms with E-state index >= 15 is 0 Å². The van der Waals surface area contributed by atoms with Crippen molar-refractivity contribution in [1.82, 2.24) is 14.5 Å². The van der Waals surface area contributed by atoms with E-state index in [0.717, 1.165) is 37.5 Å². The summed E-state index contributed by atoms with van der Waals surface area (Å²) in [5, 5.41) is 1.77. The maximum Gasteiger partial charge on any atom is 0.250 e. The third-order valence-electron chi connectivity index (χ3n) is 4.71. The third kappa shape index (κ3) is 4.63. The first-order valence-electron chi connectivity index (χ1n) is 8.59. The molecular weight excluding hydrogens is 370 g/mol. The van der Waals surface area contributed by atoms with Gasteiger partial charge in [-0.3, -0.25) is 4.90 Å². The first kappa shape index (κ1) is 19.3. The van der Waals surface area contributed by atoms with Crippen molar-refractivity contribution in [3.05, 3.63) is 47.3 Å². The molecule has 1 fully saturated rings. The zero-order chi connectivity index (χ0) is 18.6. The number of piperazine rings is 1. The van der Waals surface area contributed by atoms with Crippen molar-refractivity contribution in [1.29, 1.82) is 0 Å². The average Bonchev–Trinajstić information content (AvgIpc) is 3.19. The molecule has 0 radical (unpaired) electrons. The number of sulfonamides is 1. The molecule has 26 heavy (non-hydrogen) atoms. The van der Waals surface area contributed by atoms with Gasteiger partial charge in [-0.15, -0.1) is 11.3 Å². The van der Waals surface area contributed by atoms with Gasteiger partial charge in [-0.25, -0.2) is 13.1 Å². The highest BCUT2D eigenvalue weighted by atomic mass is 32.2. The predicted molar refractivity (Wildman–Crippen MR) is 104 cm³/mol. The summed E-state index contributed by atoms with van der Waals surface area (Å²) in [5.41, 5.74) is 1.09. The fraction of sp³-hybridized carbons (Fsp3) is 0.444. The minimum Gasteiger partial charge on any atom is -0.497 e. The van der Waals surface area contributed by atoms with Gasteiger partial charge in [0, 0.05) is 38.8 Å². The van der Waals surface area contributed by atoms with Gasteiger partial charge < -0.3 is 9.64 Å². The molecule has 1 unspecified atom stereocenters. The smallest absolute Gasteiger partial charge is 0.250 e. The van der Waals surface area contributed by atoms with Crippen LogP contribution in [0.3, 0.4) is 0 Å². The van der Waals surface area contributed by atoms with Crippen molar-refractivity contribution >= 4 is 21.4 Å². The van der Waals surface area contributed by atoms with Gasteiger partial charge in [0.25, 0.3) is 0 Å². The van der Waals surface area contributed by atoms with Gasteiger partial charge in [-0.1, -0.05) is 18.2 Å². The Hall–Kier alpha value is -1.45. The van der Waals surface area contributed by atoms with E-state index in [1.807, 2.05) is 24.3 Å². The lowest BCUT2D eigenvalue weighted by Crippen LogP contribution is -2.48. The summed E-state index contributed by atoms with van der Waals surface area (Å²) < 4.78 is 33.4. The van der Waals surface area contributed by atoms with E-state index in [9.17, 15) is 8.42 Å². The Bertz CT molecular complexity index is 784. The highest BCUT2D eigenvalue weighted by molar-refractivity contribution is 7.91. The van der Waals surface area contributed by atoms with Crippen molar-refractivity contribution in [2.24, 2.45) is 0 Å². The Balaban J connectivity index is 1.78. The second kappa shape index (κ2) is 8.49. The molecule has 0 amide bonds. The van der Waals surface area contributed by atoms with Crippen molar-refractivity contribution in [2.45, 2.75) is 10.3 Å². The van der Waals surface area contributed by atoms with Crippen LogP contribution < -0.4 is 9.46 Å². The van der Waals surface area contributed by atoms with Crippen LogP contribution in [0, 0.1) is 0 Å². The van der Waals surface area contributed by atoms with Gasteiger partial charge in [0.2, 0.25) is 10.0 Å². The summed E-state index contributed by atoms with van der Waals surface area (Å²) in [5.74, 6) is 0.796. The van der Waals surface area contributed by atoms with E-state index in [2.05, 4.69) is 21.6 Å². The lowest BCUT2D eigenvalue weighted by molar-refractivity contribution is 0.113. The monoisotopic (exact) mass is 395 g/mol. The van der Waals surface area contributed by atoms with E-state index in [-0.39, 0.29) is 6.04 Å². The highest BCUT2D eigenvalue weighted by Gasteiger charge is 2.26. The number of nitrogens with zero attached hydrogens (tertiary/aromatic N) is 2. The summed E-state index contributed by atoms with van der Waals surface area (Å²) in [6.07, 6.45) is 0. The second-order valence-electron chi connectivity index (χ2n) is 6.41. The summed E-state index contributed by atoms with van der Waals surface area (Å²) in [6.45, 7) is 4.12.